The van der Waals surface area contributed by atoms with Crippen LogP contribution in [0.1, 0.15) is 46.4 Å². The number of hydrogen-bond acceptors (Lipinski definition) is 14. The van der Waals surface area contributed by atoms with Crippen molar-refractivity contribution in [1.82, 2.24) is 30.0 Å². The molecule has 2 atom stereocenters. The molecule has 0 spiro atoms. The Balaban J connectivity index is 0.798. The van der Waals surface area contributed by atoms with Gasteiger partial charge in [0.1, 0.15) is 27.8 Å². The van der Waals surface area contributed by atoms with Gasteiger partial charge in [0.2, 0.25) is 23.7 Å². The molecular formula is C44H50ClN11O7S. The van der Waals surface area contributed by atoms with Crippen molar-refractivity contribution in [3.05, 3.63) is 83.0 Å². The molecule has 5 amide bonds. The standard InChI is InChI=1S/C44H50ClN11O7S/c1-52(64(3)62)34-10-5-4-8-31(34)48-40-30(45)24-46-44(51-40)49-32-12-11-28(23-36(32)63-2)55-21-19-54(20-22-55)25-27-15-17-53(18-16-27)26-38(58)47-33-9-6-7-29-39(33)43(61)56(42(29)60)35-13-14-37(57)50-41(35)59/h4-12,23-24,27,35H,13-22,25-26H2,1-3H3,(H,47,58)(H,50,57,59)(H2,46,48,49,51). The molecule has 0 aliphatic carbocycles. The zero-order chi connectivity index (χ0) is 45.1. The molecule has 1 aromatic heterocycles. The van der Waals surface area contributed by atoms with Crippen molar-refractivity contribution < 1.29 is 32.9 Å². The van der Waals surface area contributed by atoms with Crippen molar-refractivity contribution in [2.45, 2.75) is 31.7 Å². The maximum atomic E-state index is 13.4. The predicted molar refractivity (Wildman–Crippen MR) is 245 cm³/mol. The van der Waals surface area contributed by atoms with Gasteiger partial charge in [-0.05, 0) is 74.7 Å². The first-order chi connectivity index (χ1) is 30.9. The summed E-state index contributed by atoms with van der Waals surface area (Å²) in [6, 6.07) is 17.1. The normalized spacial score (nSPS) is 19.0. The summed E-state index contributed by atoms with van der Waals surface area (Å²) in [4.78, 5) is 80.9. The SMILES string of the molecule is COc1cc(N2CCN(CC3CCN(CC(=O)Nc4cccc5c4C(=O)N(C4CCC(=O)NC4=O)C5=O)CC3)CC2)ccc1Nc1ncc(Cl)c(Nc2ccccc2N(C)S(C)=O)n1. The van der Waals surface area contributed by atoms with Crippen LogP contribution in [0.15, 0.2) is 66.9 Å². The van der Waals surface area contributed by atoms with Gasteiger partial charge in [-0.2, -0.15) is 4.98 Å². The molecule has 4 aliphatic rings. The summed E-state index contributed by atoms with van der Waals surface area (Å²) >= 11 is 6.50. The second-order valence-electron chi connectivity index (χ2n) is 16.2. The lowest BCUT2D eigenvalue weighted by molar-refractivity contribution is -0.136. The number of carbonyl (C=O) groups excluding carboxylic acids is 5. The van der Waals surface area contributed by atoms with E-state index < -0.39 is 40.7 Å². The average Bonchev–Trinajstić information content (AvgIpc) is 3.54. The van der Waals surface area contributed by atoms with Gasteiger partial charge in [-0.1, -0.05) is 29.8 Å². The highest BCUT2D eigenvalue weighted by atomic mass is 35.5. The van der Waals surface area contributed by atoms with Crippen LogP contribution in [0, 0.1) is 5.92 Å². The molecule has 0 saturated carbocycles. The summed E-state index contributed by atoms with van der Waals surface area (Å²) in [7, 11) is 2.15. The monoisotopic (exact) mass is 911 g/mol. The lowest BCUT2D eigenvalue weighted by Crippen LogP contribution is -2.54. The Hall–Kier alpha value is -6.15. The summed E-state index contributed by atoms with van der Waals surface area (Å²) in [5, 5.41) is 11.9. The number of amides is 5. The van der Waals surface area contributed by atoms with Crippen LogP contribution in [0.2, 0.25) is 5.02 Å². The highest BCUT2D eigenvalue weighted by Crippen LogP contribution is 2.36. The number of piperazine rings is 1. The van der Waals surface area contributed by atoms with Crippen LogP contribution in [-0.2, 0) is 25.4 Å². The van der Waals surface area contributed by atoms with Crippen LogP contribution >= 0.6 is 11.6 Å². The smallest absolute Gasteiger partial charge is 0.264 e. The number of para-hydroxylation sites is 2. The van der Waals surface area contributed by atoms with E-state index in [-0.39, 0.29) is 42.1 Å². The Morgan fingerprint density at radius 3 is 2.39 bits per heavy atom. The molecule has 8 rings (SSSR count). The average molecular weight is 912 g/mol. The molecule has 64 heavy (non-hydrogen) atoms. The number of ether oxygens (including phenoxy) is 1. The van der Waals surface area contributed by atoms with E-state index in [2.05, 4.69) is 52.0 Å². The molecule has 5 heterocycles. The first-order valence-electron chi connectivity index (χ1n) is 21.1. The molecule has 336 valence electrons. The first-order valence-corrected chi connectivity index (χ1v) is 23.0. The molecule has 4 aliphatic heterocycles. The molecule has 3 fully saturated rings. The quantitative estimate of drug-likeness (QED) is 0.131. The molecule has 4 N–H and O–H groups in total. The molecule has 0 radical (unpaired) electrons. The van der Waals surface area contributed by atoms with E-state index in [9.17, 15) is 28.2 Å². The summed E-state index contributed by atoms with van der Waals surface area (Å²) in [5.41, 5.74) is 3.57. The molecule has 20 heteroatoms. The highest BCUT2D eigenvalue weighted by Gasteiger charge is 2.46. The second-order valence-corrected chi connectivity index (χ2v) is 18.0. The number of benzene rings is 3. The van der Waals surface area contributed by atoms with Crippen molar-refractivity contribution in [2.75, 3.05) is 97.9 Å². The lowest BCUT2D eigenvalue weighted by Gasteiger charge is -2.39. The van der Waals surface area contributed by atoms with Crippen LogP contribution in [-0.4, -0.2) is 137 Å². The molecule has 4 aromatic rings. The third-order valence-electron chi connectivity index (χ3n) is 12.1. The maximum absolute atomic E-state index is 13.4. The minimum Gasteiger partial charge on any atom is -0.494 e. The van der Waals surface area contributed by atoms with Crippen LogP contribution < -0.4 is 35.2 Å². The number of nitrogens with one attached hydrogen (secondary N) is 4. The number of nitrogens with zero attached hydrogens (tertiary/aromatic N) is 7. The van der Waals surface area contributed by atoms with Gasteiger partial charge in [0.25, 0.3) is 11.8 Å². The van der Waals surface area contributed by atoms with Gasteiger partial charge in [0.15, 0.2) is 5.82 Å². The number of fused-ring (bicyclic) bond motifs is 1. The van der Waals surface area contributed by atoms with E-state index in [1.165, 1.54) is 12.3 Å². The number of hydrogen-bond donors (Lipinski definition) is 4. The van der Waals surface area contributed by atoms with Crippen molar-refractivity contribution >= 4 is 92.3 Å². The summed E-state index contributed by atoms with van der Waals surface area (Å²) < 4.78 is 19.6. The molecule has 3 aromatic carbocycles. The summed E-state index contributed by atoms with van der Waals surface area (Å²) in [6.45, 7) is 6.19. The topological polar surface area (TPSA) is 202 Å². The summed E-state index contributed by atoms with van der Waals surface area (Å²) in [5.74, 6) is -0.851. The van der Waals surface area contributed by atoms with Crippen LogP contribution in [0.3, 0.4) is 0 Å². The van der Waals surface area contributed by atoms with E-state index in [0.717, 1.165) is 74.9 Å². The first kappa shape index (κ1) is 44.5. The third kappa shape index (κ3) is 9.67. The van der Waals surface area contributed by atoms with Crippen LogP contribution in [0.25, 0.3) is 0 Å². The van der Waals surface area contributed by atoms with Gasteiger partial charge < -0.3 is 25.6 Å². The molecule has 18 nitrogen and oxygen atoms in total. The Kier molecular flexibility index (Phi) is 13.4. The molecule has 2 unspecified atom stereocenters. The fraction of sp³-hybridized carbons (Fsp3) is 0.386. The minimum atomic E-state index is -1.23. The van der Waals surface area contributed by atoms with E-state index >= 15 is 0 Å². The maximum Gasteiger partial charge on any atom is 0.264 e. The van der Waals surface area contributed by atoms with Crippen molar-refractivity contribution in [2.24, 2.45) is 5.92 Å². The number of halogens is 1. The number of aromatic nitrogens is 2. The van der Waals surface area contributed by atoms with E-state index in [1.807, 2.05) is 36.4 Å². The Morgan fingerprint density at radius 1 is 0.906 bits per heavy atom. The van der Waals surface area contributed by atoms with Crippen LogP contribution in [0.4, 0.5) is 40.2 Å². The largest absolute Gasteiger partial charge is 0.494 e. The molecule has 3 saturated heterocycles. The zero-order valence-corrected chi connectivity index (χ0v) is 37.3. The van der Waals surface area contributed by atoms with Crippen molar-refractivity contribution in [3.8, 4) is 5.75 Å². The Labute approximate surface area is 378 Å². The van der Waals surface area contributed by atoms with Crippen LogP contribution in [0.5, 0.6) is 5.75 Å². The van der Waals surface area contributed by atoms with Gasteiger partial charge in [-0.15, -0.1) is 0 Å². The Bertz CT molecular complexity index is 2500. The Morgan fingerprint density at radius 2 is 1.66 bits per heavy atom. The number of methoxy groups -OCH3 is 1. The highest BCUT2D eigenvalue weighted by molar-refractivity contribution is 7.85. The number of piperidine rings is 2. The van der Waals surface area contributed by atoms with Gasteiger partial charge >= 0.3 is 0 Å². The van der Waals surface area contributed by atoms with Gasteiger partial charge in [-0.3, -0.25) is 48.3 Å². The van der Waals surface area contributed by atoms with E-state index in [1.54, 1.807) is 36.9 Å². The third-order valence-corrected chi connectivity index (χ3v) is 13.4. The van der Waals surface area contributed by atoms with Crippen molar-refractivity contribution in [3.63, 3.8) is 0 Å². The lowest BCUT2D eigenvalue weighted by atomic mass is 9.96. The molecular weight excluding hydrogens is 862 g/mol. The minimum absolute atomic E-state index is 0.0266. The zero-order valence-electron chi connectivity index (χ0n) is 35.8. The van der Waals surface area contributed by atoms with E-state index in [4.69, 9.17) is 16.3 Å². The van der Waals surface area contributed by atoms with Gasteiger partial charge in [0.05, 0.1) is 53.7 Å². The number of imide groups is 2. The fourth-order valence-electron chi connectivity index (χ4n) is 8.63. The number of anilines is 7. The van der Waals surface area contributed by atoms with E-state index in [0.29, 0.717) is 39.8 Å². The second kappa shape index (κ2) is 19.3. The van der Waals surface area contributed by atoms with Crippen molar-refractivity contribution in [1.29, 1.82) is 0 Å². The number of rotatable bonds is 14. The summed E-state index contributed by atoms with van der Waals surface area (Å²) in [6.07, 6.45) is 5.11. The number of carbonyl (C=O) groups is 5. The van der Waals surface area contributed by atoms with Gasteiger partial charge in [0, 0.05) is 64.2 Å². The predicted octanol–water partition coefficient (Wildman–Crippen LogP) is 4.23. The molecule has 0 bridgehead atoms. The fourth-order valence-corrected chi connectivity index (χ4v) is 9.20. The number of likely N-dealkylation sites (tertiary alicyclic amines) is 1. The van der Waals surface area contributed by atoms with Gasteiger partial charge in [-0.25, -0.2) is 9.19 Å².